The average Bonchev–Trinajstić information content (AvgIpc) is 3.10. The van der Waals surface area contributed by atoms with E-state index in [4.69, 9.17) is 0 Å². The maximum Gasteiger partial charge on any atom is 0.223 e. The van der Waals surface area contributed by atoms with Gasteiger partial charge in [-0.2, -0.15) is 0 Å². The van der Waals surface area contributed by atoms with E-state index in [1.54, 1.807) is 6.20 Å². The van der Waals surface area contributed by atoms with E-state index in [1.165, 1.54) is 12.0 Å². The Morgan fingerprint density at radius 3 is 2.76 bits per heavy atom. The first-order valence-corrected chi connectivity index (χ1v) is 5.94. The van der Waals surface area contributed by atoms with Gasteiger partial charge in [0.2, 0.25) is 5.95 Å². The van der Waals surface area contributed by atoms with Gasteiger partial charge in [0.25, 0.3) is 0 Å². The van der Waals surface area contributed by atoms with E-state index in [2.05, 4.69) is 45.6 Å². The zero-order valence-corrected chi connectivity index (χ0v) is 9.80. The molecule has 86 valence electrons. The Hall–Kier alpha value is -1.90. The summed E-state index contributed by atoms with van der Waals surface area (Å²) >= 11 is 0. The molecule has 0 aliphatic heterocycles. The van der Waals surface area contributed by atoms with Gasteiger partial charge in [0.05, 0.1) is 0 Å². The van der Waals surface area contributed by atoms with Crippen LogP contribution in [0.3, 0.4) is 0 Å². The van der Waals surface area contributed by atoms with Crippen LogP contribution in [0.5, 0.6) is 0 Å². The Morgan fingerprint density at radius 1 is 1.18 bits per heavy atom. The summed E-state index contributed by atoms with van der Waals surface area (Å²) in [4.78, 5) is 8.58. The molecule has 2 atom stereocenters. The molecule has 1 aromatic carbocycles. The molecule has 2 unspecified atom stereocenters. The Bertz CT molecular complexity index is 510. The molecule has 0 bridgehead atoms. The molecule has 0 saturated heterocycles. The smallest absolute Gasteiger partial charge is 0.223 e. The van der Waals surface area contributed by atoms with Gasteiger partial charge in [-0.05, 0) is 25.0 Å². The molecule has 1 N–H and O–H groups in total. The lowest BCUT2D eigenvalue weighted by Gasteiger charge is -2.04. The van der Waals surface area contributed by atoms with E-state index in [-0.39, 0.29) is 0 Å². The van der Waals surface area contributed by atoms with Crippen LogP contribution in [-0.4, -0.2) is 16.0 Å². The predicted octanol–water partition coefficient (Wildman–Crippen LogP) is 2.75. The molecule has 3 nitrogen and oxygen atoms in total. The van der Waals surface area contributed by atoms with Crippen LogP contribution in [0.2, 0.25) is 0 Å². The van der Waals surface area contributed by atoms with E-state index in [0.717, 1.165) is 11.6 Å². The SMILES string of the molecule is Cc1ccnc(NC2CC2c2ccccc2)n1. The van der Waals surface area contributed by atoms with Gasteiger partial charge in [0.1, 0.15) is 0 Å². The minimum Gasteiger partial charge on any atom is -0.351 e. The lowest BCUT2D eigenvalue weighted by molar-refractivity contribution is 0.989. The largest absolute Gasteiger partial charge is 0.351 e. The number of aromatic nitrogens is 2. The molecule has 1 heterocycles. The van der Waals surface area contributed by atoms with Gasteiger partial charge in [-0.1, -0.05) is 30.3 Å². The molecule has 1 saturated carbocycles. The summed E-state index contributed by atoms with van der Waals surface area (Å²) in [5, 5.41) is 3.38. The van der Waals surface area contributed by atoms with E-state index >= 15 is 0 Å². The van der Waals surface area contributed by atoms with Crippen molar-refractivity contribution in [3.05, 3.63) is 53.9 Å². The van der Waals surface area contributed by atoms with Crippen LogP contribution >= 0.6 is 0 Å². The highest BCUT2D eigenvalue weighted by Gasteiger charge is 2.38. The highest BCUT2D eigenvalue weighted by Crippen LogP contribution is 2.42. The van der Waals surface area contributed by atoms with Gasteiger partial charge in [-0.25, -0.2) is 9.97 Å². The third-order valence-electron chi connectivity index (χ3n) is 3.13. The highest BCUT2D eigenvalue weighted by atomic mass is 15.1. The van der Waals surface area contributed by atoms with Crippen molar-refractivity contribution in [2.24, 2.45) is 0 Å². The summed E-state index contributed by atoms with van der Waals surface area (Å²) in [6.45, 7) is 1.98. The number of anilines is 1. The molecule has 1 aromatic heterocycles. The summed E-state index contributed by atoms with van der Waals surface area (Å²) in [6, 6.07) is 13.0. The minimum atomic E-state index is 0.485. The first-order chi connectivity index (χ1) is 8.33. The molecule has 3 heteroatoms. The lowest BCUT2D eigenvalue weighted by atomic mass is 10.1. The molecular formula is C14H15N3. The molecule has 3 rings (SSSR count). The van der Waals surface area contributed by atoms with Crippen LogP contribution in [0.4, 0.5) is 5.95 Å². The fraction of sp³-hybridized carbons (Fsp3) is 0.286. The van der Waals surface area contributed by atoms with Crippen molar-refractivity contribution >= 4 is 5.95 Å². The fourth-order valence-electron chi connectivity index (χ4n) is 2.11. The molecule has 1 aliphatic rings. The second-order valence-electron chi connectivity index (χ2n) is 4.53. The van der Waals surface area contributed by atoms with E-state index < -0.39 is 0 Å². The molecule has 1 fully saturated rings. The third-order valence-corrected chi connectivity index (χ3v) is 3.13. The molecular weight excluding hydrogens is 210 g/mol. The molecule has 0 spiro atoms. The van der Waals surface area contributed by atoms with Crippen molar-refractivity contribution in [2.45, 2.75) is 25.3 Å². The topological polar surface area (TPSA) is 37.8 Å². The second-order valence-corrected chi connectivity index (χ2v) is 4.53. The quantitative estimate of drug-likeness (QED) is 0.872. The van der Waals surface area contributed by atoms with E-state index in [0.29, 0.717) is 12.0 Å². The number of nitrogens with zero attached hydrogens (tertiary/aromatic N) is 2. The number of aryl methyl sites for hydroxylation is 1. The van der Waals surface area contributed by atoms with E-state index in [1.807, 2.05) is 13.0 Å². The predicted molar refractivity (Wildman–Crippen MR) is 68.0 cm³/mol. The second kappa shape index (κ2) is 4.17. The normalized spacial score (nSPS) is 22.2. The van der Waals surface area contributed by atoms with Gasteiger partial charge in [-0.3, -0.25) is 0 Å². The Labute approximate surface area is 101 Å². The third kappa shape index (κ3) is 2.28. The van der Waals surface area contributed by atoms with Gasteiger partial charge in [0.15, 0.2) is 0 Å². The Morgan fingerprint density at radius 2 is 2.00 bits per heavy atom. The standard InChI is InChI=1S/C14H15N3/c1-10-7-8-15-14(16-10)17-13-9-12(13)11-5-3-2-4-6-11/h2-8,12-13H,9H2,1H3,(H,15,16,17). The molecule has 0 radical (unpaired) electrons. The van der Waals surface area contributed by atoms with Crippen molar-refractivity contribution in [1.82, 2.24) is 9.97 Å². The molecule has 1 aliphatic carbocycles. The van der Waals surface area contributed by atoms with Crippen LogP contribution in [0.15, 0.2) is 42.6 Å². The van der Waals surface area contributed by atoms with Crippen LogP contribution in [0, 0.1) is 6.92 Å². The molecule has 0 amide bonds. The van der Waals surface area contributed by atoms with Crippen molar-refractivity contribution in [3.63, 3.8) is 0 Å². The first-order valence-electron chi connectivity index (χ1n) is 5.94. The highest BCUT2D eigenvalue weighted by molar-refractivity contribution is 5.37. The van der Waals surface area contributed by atoms with Gasteiger partial charge < -0.3 is 5.32 Å². The summed E-state index contributed by atoms with van der Waals surface area (Å²) in [6.07, 6.45) is 2.96. The van der Waals surface area contributed by atoms with Crippen LogP contribution < -0.4 is 5.32 Å². The van der Waals surface area contributed by atoms with Gasteiger partial charge in [-0.15, -0.1) is 0 Å². The number of hydrogen-bond acceptors (Lipinski definition) is 3. The zero-order chi connectivity index (χ0) is 11.7. The first kappa shape index (κ1) is 10.3. The van der Waals surface area contributed by atoms with Gasteiger partial charge >= 0.3 is 0 Å². The van der Waals surface area contributed by atoms with E-state index in [9.17, 15) is 0 Å². The Balaban J connectivity index is 1.66. The maximum atomic E-state index is 4.36. The summed E-state index contributed by atoms with van der Waals surface area (Å²) in [5.74, 6) is 1.36. The van der Waals surface area contributed by atoms with Crippen molar-refractivity contribution < 1.29 is 0 Å². The van der Waals surface area contributed by atoms with Crippen LogP contribution in [-0.2, 0) is 0 Å². The van der Waals surface area contributed by atoms with Crippen molar-refractivity contribution in [2.75, 3.05) is 5.32 Å². The zero-order valence-electron chi connectivity index (χ0n) is 9.80. The maximum absolute atomic E-state index is 4.36. The number of benzene rings is 1. The monoisotopic (exact) mass is 225 g/mol. The average molecular weight is 225 g/mol. The molecule has 2 aromatic rings. The summed E-state index contributed by atoms with van der Waals surface area (Å²) in [7, 11) is 0. The fourth-order valence-corrected chi connectivity index (χ4v) is 2.11. The lowest BCUT2D eigenvalue weighted by Crippen LogP contribution is -2.07. The minimum absolute atomic E-state index is 0.485. The molecule has 17 heavy (non-hydrogen) atoms. The summed E-state index contributed by atoms with van der Waals surface area (Å²) in [5.41, 5.74) is 2.40. The van der Waals surface area contributed by atoms with Gasteiger partial charge in [0, 0.05) is 23.9 Å². The number of rotatable bonds is 3. The van der Waals surface area contributed by atoms with Crippen molar-refractivity contribution in [3.8, 4) is 0 Å². The van der Waals surface area contributed by atoms with Crippen molar-refractivity contribution in [1.29, 1.82) is 0 Å². The van der Waals surface area contributed by atoms with Crippen LogP contribution in [0.1, 0.15) is 23.6 Å². The number of hydrogen-bond donors (Lipinski definition) is 1. The van der Waals surface area contributed by atoms with Crippen LogP contribution in [0.25, 0.3) is 0 Å². The summed E-state index contributed by atoms with van der Waals surface area (Å²) < 4.78 is 0. The Kier molecular flexibility index (Phi) is 2.52. The number of nitrogens with one attached hydrogen (secondary N) is 1.